The minimum atomic E-state index is 0.255. The van der Waals surface area contributed by atoms with Gasteiger partial charge in [-0.3, -0.25) is 0 Å². The molecule has 0 aliphatic carbocycles. The van der Waals surface area contributed by atoms with Crippen LogP contribution >= 0.6 is 0 Å². The van der Waals surface area contributed by atoms with E-state index in [1.807, 2.05) is 7.11 Å². The summed E-state index contributed by atoms with van der Waals surface area (Å²) in [5.74, 6) is 0. The number of hydrogen-bond acceptors (Lipinski definition) is 2. The highest BCUT2D eigenvalue weighted by atomic mass is 16.5. The highest BCUT2D eigenvalue weighted by molar-refractivity contribution is 4.87. The van der Waals surface area contributed by atoms with E-state index in [0.29, 0.717) is 12.1 Å². The molecule has 2 heteroatoms. The monoisotopic (exact) mass is 215 g/mol. The summed E-state index contributed by atoms with van der Waals surface area (Å²) in [6.45, 7) is 12.3. The molecule has 0 saturated carbocycles. The number of rotatable bonds is 7. The van der Waals surface area contributed by atoms with Gasteiger partial charge in [-0.25, -0.2) is 0 Å². The fourth-order valence-corrected chi connectivity index (χ4v) is 2.00. The first-order chi connectivity index (χ1) is 6.97. The average molecular weight is 215 g/mol. The molecule has 15 heavy (non-hydrogen) atoms. The maximum Gasteiger partial charge on any atom is 0.0729 e. The molecular weight excluding hydrogens is 186 g/mol. The molecule has 0 aromatic heterocycles. The average Bonchev–Trinajstić information content (AvgIpc) is 2.14. The summed E-state index contributed by atoms with van der Waals surface area (Å²) in [6, 6.07) is 0.447. The second-order valence-corrected chi connectivity index (χ2v) is 5.36. The van der Waals surface area contributed by atoms with Crippen LogP contribution < -0.4 is 5.32 Å². The van der Waals surface area contributed by atoms with E-state index in [4.69, 9.17) is 4.74 Å². The Labute approximate surface area is 95.8 Å². The van der Waals surface area contributed by atoms with Gasteiger partial charge >= 0.3 is 0 Å². The molecule has 0 amide bonds. The Morgan fingerprint density at radius 2 is 1.73 bits per heavy atom. The first kappa shape index (κ1) is 14.9. The van der Waals surface area contributed by atoms with Crippen LogP contribution in [-0.2, 0) is 4.74 Å². The lowest BCUT2D eigenvalue weighted by molar-refractivity contribution is 0.0230. The van der Waals surface area contributed by atoms with Crippen LogP contribution in [0.25, 0.3) is 0 Å². The van der Waals surface area contributed by atoms with Crippen molar-refractivity contribution in [3.63, 3.8) is 0 Å². The van der Waals surface area contributed by atoms with Crippen molar-refractivity contribution in [2.24, 2.45) is 5.41 Å². The Morgan fingerprint density at radius 1 is 1.13 bits per heavy atom. The Bertz CT molecular complexity index is 151. The molecule has 0 aromatic carbocycles. The SMILES string of the molecule is CCCNC(C(CCC)OC)C(C)(C)C. The van der Waals surface area contributed by atoms with Crippen molar-refractivity contribution in [3.8, 4) is 0 Å². The topological polar surface area (TPSA) is 21.3 Å². The molecule has 0 radical (unpaired) electrons. The van der Waals surface area contributed by atoms with Gasteiger partial charge in [-0.1, -0.05) is 41.0 Å². The normalized spacial score (nSPS) is 16.4. The Balaban J connectivity index is 4.43. The number of ether oxygens (including phenoxy) is 1. The number of hydrogen-bond donors (Lipinski definition) is 1. The van der Waals surface area contributed by atoms with Crippen LogP contribution in [0, 0.1) is 5.41 Å². The van der Waals surface area contributed by atoms with E-state index in [-0.39, 0.29) is 5.41 Å². The van der Waals surface area contributed by atoms with E-state index in [9.17, 15) is 0 Å². The lowest BCUT2D eigenvalue weighted by Crippen LogP contribution is -2.49. The minimum absolute atomic E-state index is 0.255. The van der Waals surface area contributed by atoms with Crippen LogP contribution in [0.3, 0.4) is 0 Å². The van der Waals surface area contributed by atoms with Gasteiger partial charge in [-0.15, -0.1) is 0 Å². The highest BCUT2D eigenvalue weighted by Gasteiger charge is 2.31. The van der Waals surface area contributed by atoms with E-state index in [0.717, 1.165) is 13.0 Å². The largest absolute Gasteiger partial charge is 0.380 e. The summed E-state index contributed by atoms with van der Waals surface area (Å²) in [6.07, 6.45) is 3.82. The summed E-state index contributed by atoms with van der Waals surface area (Å²) >= 11 is 0. The van der Waals surface area contributed by atoms with Gasteiger partial charge < -0.3 is 10.1 Å². The van der Waals surface area contributed by atoms with Gasteiger partial charge in [0.25, 0.3) is 0 Å². The fourth-order valence-electron chi connectivity index (χ4n) is 2.00. The molecule has 0 rings (SSSR count). The quantitative estimate of drug-likeness (QED) is 0.704. The molecule has 92 valence electrons. The molecular formula is C13H29NO. The van der Waals surface area contributed by atoms with Crippen molar-refractivity contribution in [1.29, 1.82) is 0 Å². The first-order valence-corrected chi connectivity index (χ1v) is 6.23. The fraction of sp³-hybridized carbons (Fsp3) is 1.00. The second kappa shape index (κ2) is 7.24. The molecule has 2 atom stereocenters. The molecule has 0 aliphatic heterocycles. The molecule has 0 spiro atoms. The smallest absolute Gasteiger partial charge is 0.0729 e. The third-order valence-electron chi connectivity index (χ3n) is 2.79. The van der Waals surface area contributed by atoms with Crippen LogP contribution in [0.5, 0.6) is 0 Å². The van der Waals surface area contributed by atoms with Gasteiger partial charge in [-0.05, 0) is 24.8 Å². The Hall–Kier alpha value is -0.0800. The molecule has 0 fully saturated rings. The summed E-state index contributed by atoms with van der Waals surface area (Å²) < 4.78 is 5.61. The maximum absolute atomic E-state index is 5.61. The lowest BCUT2D eigenvalue weighted by atomic mass is 9.82. The highest BCUT2D eigenvalue weighted by Crippen LogP contribution is 2.25. The van der Waals surface area contributed by atoms with Gasteiger partial charge in [0.2, 0.25) is 0 Å². The van der Waals surface area contributed by atoms with Gasteiger partial charge in [0.15, 0.2) is 0 Å². The molecule has 0 bridgehead atoms. The second-order valence-electron chi connectivity index (χ2n) is 5.36. The van der Waals surface area contributed by atoms with E-state index in [1.165, 1.54) is 12.8 Å². The molecule has 2 unspecified atom stereocenters. The zero-order valence-electron chi connectivity index (χ0n) is 11.4. The summed E-state index contributed by atoms with van der Waals surface area (Å²) in [5, 5.41) is 3.62. The molecule has 1 N–H and O–H groups in total. The number of nitrogens with one attached hydrogen (secondary N) is 1. The standard InChI is InChI=1S/C13H29NO/c1-7-9-11(15-6)12(13(3,4)5)14-10-8-2/h11-12,14H,7-10H2,1-6H3. The minimum Gasteiger partial charge on any atom is -0.380 e. The van der Waals surface area contributed by atoms with Gasteiger partial charge in [0.1, 0.15) is 0 Å². The third kappa shape index (κ3) is 5.53. The predicted molar refractivity (Wildman–Crippen MR) is 67.2 cm³/mol. The molecule has 2 nitrogen and oxygen atoms in total. The van der Waals surface area contributed by atoms with Crippen molar-refractivity contribution in [3.05, 3.63) is 0 Å². The molecule has 0 heterocycles. The van der Waals surface area contributed by atoms with Crippen molar-refractivity contribution >= 4 is 0 Å². The van der Waals surface area contributed by atoms with Crippen LogP contribution in [-0.4, -0.2) is 25.8 Å². The van der Waals surface area contributed by atoms with Crippen molar-refractivity contribution in [2.45, 2.75) is 66.0 Å². The van der Waals surface area contributed by atoms with Crippen LogP contribution in [0.1, 0.15) is 53.9 Å². The van der Waals surface area contributed by atoms with E-state index in [1.54, 1.807) is 0 Å². The Kier molecular flexibility index (Phi) is 7.20. The lowest BCUT2D eigenvalue weighted by Gasteiger charge is -2.37. The summed E-state index contributed by atoms with van der Waals surface area (Å²) in [4.78, 5) is 0. The molecule has 0 aromatic rings. The Morgan fingerprint density at radius 3 is 2.07 bits per heavy atom. The predicted octanol–water partition coefficient (Wildman–Crippen LogP) is 3.22. The summed E-state index contributed by atoms with van der Waals surface area (Å²) in [5.41, 5.74) is 0.255. The molecule has 0 aliphatic rings. The van der Waals surface area contributed by atoms with Crippen molar-refractivity contribution in [1.82, 2.24) is 5.32 Å². The maximum atomic E-state index is 5.61. The van der Waals surface area contributed by atoms with Crippen molar-refractivity contribution < 1.29 is 4.74 Å². The first-order valence-electron chi connectivity index (χ1n) is 6.23. The van der Waals surface area contributed by atoms with Crippen molar-refractivity contribution in [2.75, 3.05) is 13.7 Å². The van der Waals surface area contributed by atoms with Gasteiger partial charge in [0.05, 0.1) is 6.10 Å². The van der Waals surface area contributed by atoms with Crippen LogP contribution in [0.4, 0.5) is 0 Å². The summed E-state index contributed by atoms with van der Waals surface area (Å²) in [7, 11) is 1.83. The van der Waals surface area contributed by atoms with Crippen LogP contribution in [0.15, 0.2) is 0 Å². The van der Waals surface area contributed by atoms with Gasteiger partial charge in [0, 0.05) is 13.2 Å². The van der Waals surface area contributed by atoms with E-state index >= 15 is 0 Å². The zero-order valence-corrected chi connectivity index (χ0v) is 11.4. The van der Waals surface area contributed by atoms with Crippen LogP contribution in [0.2, 0.25) is 0 Å². The van der Waals surface area contributed by atoms with E-state index < -0.39 is 0 Å². The van der Waals surface area contributed by atoms with Gasteiger partial charge in [-0.2, -0.15) is 0 Å². The molecule has 0 saturated heterocycles. The zero-order chi connectivity index (χ0) is 11.9. The van der Waals surface area contributed by atoms with E-state index in [2.05, 4.69) is 39.9 Å². The number of methoxy groups -OCH3 is 1. The third-order valence-corrected chi connectivity index (χ3v) is 2.79.